The summed E-state index contributed by atoms with van der Waals surface area (Å²) in [6.07, 6.45) is 3.23. The van der Waals surface area contributed by atoms with Crippen molar-refractivity contribution in [2.24, 2.45) is 0 Å². The Balaban J connectivity index is 2.19. The lowest BCUT2D eigenvalue weighted by Gasteiger charge is -2.01. The smallest absolute Gasteiger partial charge is 0.247 e. The third-order valence-electron chi connectivity index (χ3n) is 2.70. The number of rotatable bonds is 2. The van der Waals surface area contributed by atoms with E-state index in [1.54, 1.807) is 18.5 Å². The predicted molar refractivity (Wildman–Crippen MR) is 70.2 cm³/mol. The van der Waals surface area contributed by atoms with Gasteiger partial charge in [-0.2, -0.15) is 0 Å². The number of hydrogen-bond donors (Lipinski definition) is 2. The number of nitrogens with two attached hydrogens (primary N) is 1. The van der Waals surface area contributed by atoms with Crippen LogP contribution in [0.4, 0.5) is 5.88 Å². The molecule has 3 aromatic heterocycles. The first-order chi connectivity index (χ1) is 9.25. The Morgan fingerprint density at radius 1 is 1.21 bits per heavy atom. The minimum atomic E-state index is -0.181. The van der Waals surface area contributed by atoms with E-state index in [9.17, 15) is 4.79 Å². The molecule has 0 aromatic carbocycles. The molecule has 0 fully saturated rings. The fourth-order valence-electron chi connectivity index (χ4n) is 1.82. The highest BCUT2D eigenvalue weighted by Gasteiger charge is 2.18. The molecule has 0 aliphatic heterocycles. The molecule has 0 atom stereocenters. The van der Waals surface area contributed by atoms with Gasteiger partial charge in [-0.25, -0.2) is 0 Å². The van der Waals surface area contributed by atoms with E-state index in [1.165, 1.54) is 6.07 Å². The summed E-state index contributed by atoms with van der Waals surface area (Å²) in [5, 5.41) is 3.93. The molecular formula is C13H10N4O2. The Morgan fingerprint density at radius 3 is 2.79 bits per heavy atom. The van der Waals surface area contributed by atoms with Crippen molar-refractivity contribution in [3.8, 4) is 22.5 Å². The molecule has 3 N–H and O–H groups in total. The summed E-state index contributed by atoms with van der Waals surface area (Å²) in [6.45, 7) is 0. The zero-order valence-corrected chi connectivity index (χ0v) is 9.83. The van der Waals surface area contributed by atoms with E-state index in [0.29, 0.717) is 22.5 Å². The first kappa shape index (κ1) is 11.2. The first-order valence-electron chi connectivity index (χ1n) is 5.61. The Morgan fingerprint density at radius 2 is 2.11 bits per heavy atom. The van der Waals surface area contributed by atoms with Crippen molar-refractivity contribution >= 4 is 5.88 Å². The molecule has 0 amide bonds. The molecule has 0 saturated heterocycles. The van der Waals surface area contributed by atoms with Gasteiger partial charge in [0.2, 0.25) is 11.4 Å². The predicted octanol–water partition coefficient (Wildman–Crippen LogP) is 1.67. The van der Waals surface area contributed by atoms with Crippen LogP contribution < -0.4 is 11.3 Å². The maximum atomic E-state index is 11.1. The van der Waals surface area contributed by atoms with Gasteiger partial charge in [-0.1, -0.05) is 11.2 Å². The van der Waals surface area contributed by atoms with Gasteiger partial charge < -0.3 is 15.2 Å². The van der Waals surface area contributed by atoms with E-state index in [-0.39, 0.29) is 11.4 Å². The highest BCUT2D eigenvalue weighted by atomic mass is 16.5. The van der Waals surface area contributed by atoms with Crippen molar-refractivity contribution < 1.29 is 4.52 Å². The SMILES string of the molecule is Nc1onc(-c2ccc(=O)[nH]c2)c1-c1ccccn1. The molecule has 6 nitrogen and oxygen atoms in total. The summed E-state index contributed by atoms with van der Waals surface area (Å²) < 4.78 is 5.03. The van der Waals surface area contributed by atoms with Crippen LogP contribution in [0.3, 0.4) is 0 Å². The van der Waals surface area contributed by atoms with Crippen molar-refractivity contribution in [3.63, 3.8) is 0 Å². The van der Waals surface area contributed by atoms with Crippen LogP contribution in [-0.4, -0.2) is 15.1 Å². The highest BCUT2D eigenvalue weighted by molar-refractivity contribution is 5.84. The number of H-pyrrole nitrogens is 1. The molecule has 0 unspecified atom stereocenters. The molecule has 0 aliphatic carbocycles. The van der Waals surface area contributed by atoms with E-state index >= 15 is 0 Å². The largest absolute Gasteiger partial charge is 0.367 e. The van der Waals surface area contributed by atoms with Gasteiger partial charge in [0.25, 0.3) is 0 Å². The number of nitrogens with zero attached hydrogens (tertiary/aromatic N) is 2. The maximum absolute atomic E-state index is 11.1. The van der Waals surface area contributed by atoms with E-state index < -0.39 is 0 Å². The molecule has 6 heteroatoms. The number of nitrogen functional groups attached to an aromatic ring is 1. The Hall–Kier alpha value is -2.89. The number of nitrogens with one attached hydrogen (secondary N) is 1. The number of anilines is 1. The van der Waals surface area contributed by atoms with Crippen LogP contribution in [0.15, 0.2) is 52.0 Å². The quantitative estimate of drug-likeness (QED) is 0.725. The second-order valence-electron chi connectivity index (χ2n) is 3.93. The van der Waals surface area contributed by atoms with Crippen molar-refractivity contribution in [2.75, 3.05) is 5.73 Å². The summed E-state index contributed by atoms with van der Waals surface area (Å²) in [7, 11) is 0. The lowest BCUT2D eigenvalue weighted by Crippen LogP contribution is -2.01. The van der Waals surface area contributed by atoms with E-state index in [4.69, 9.17) is 10.3 Å². The monoisotopic (exact) mass is 254 g/mol. The maximum Gasteiger partial charge on any atom is 0.247 e. The molecule has 0 radical (unpaired) electrons. The zero-order valence-electron chi connectivity index (χ0n) is 9.83. The highest BCUT2D eigenvalue weighted by Crippen LogP contribution is 2.34. The summed E-state index contributed by atoms with van der Waals surface area (Å²) in [4.78, 5) is 17.9. The van der Waals surface area contributed by atoms with Crippen LogP contribution >= 0.6 is 0 Å². The van der Waals surface area contributed by atoms with Crippen LogP contribution in [0.25, 0.3) is 22.5 Å². The number of aromatic amines is 1. The molecule has 0 aliphatic rings. The van der Waals surface area contributed by atoms with Gasteiger partial charge >= 0.3 is 0 Å². The second kappa shape index (κ2) is 4.41. The minimum Gasteiger partial charge on any atom is -0.367 e. The number of pyridine rings is 2. The molecule has 0 bridgehead atoms. The standard InChI is InChI=1S/C13H10N4O2/c14-13-11(9-3-1-2-6-15-9)12(17-19-13)8-4-5-10(18)16-7-8/h1-7H,14H2,(H,16,18). The average Bonchev–Trinajstić information content (AvgIpc) is 2.82. The van der Waals surface area contributed by atoms with Gasteiger partial charge in [0.05, 0.1) is 11.3 Å². The Kier molecular flexibility index (Phi) is 2.60. The molecule has 0 saturated carbocycles. The lowest BCUT2D eigenvalue weighted by molar-refractivity contribution is 0.439. The van der Waals surface area contributed by atoms with Crippen LogP contribution in [0.5, 0.6) is 0 Å². The zero-order chi connectivity index (χ0) is 13.2. The van der Waals surface area contributed by atoms with Crippen LogP contribution in [-0.2, 0) is 0 Å². The molecule has 3 aromatic rings. The van der Waals surface area contributed by atoms with Crippen LogP contribution in [0.1, 0.15) is 0 Å². The molecule has 94 valence electrons. The summed E-state index contributed by atoms with van der Waals surface area (Å²) in [5.41, 5.74) is 8.16. The third kappa shape index (κ3) is 1.99. The normalized spacial score (nSPS) is 10.5. The van der Waals surface area contributed by atoms with Gasteiger partial charge in [0.15, 0.2) is 0 Å². The Bertz CT molecular complexity index is 741. The topological polar surface area (TPSA) is 97.8 Å². The molecule has 3 rings (SSSR count). The lowest BCUT2D eigenvalue weighted by atomic mass is 10.1. The Labute approximate surface area is 107 Å². The average molecular weight is 254 g/mol. The molecule has 3 heterocycles. The summed E-state index contributed by atoms with van der Waals surface area (Å²) in [5.74, 6) is 0.194. The van der Waals surface area contributed by atoms with Gasteiger partial charge in [-0.05, 0) is 18.2 Å². The minimum absolute atomic E-state index is 0.181. The van der Waals surface area contributed by atoms with Crippen molar-refractivity contribution in [2.45, 2.75) is 0 Å². The van der Waals surface area contributed by atoms with Crippen LogP contribution in [0, 0.1) is 0 Å². The van der Waals surface area contributed by atoms with Crippen molar-refractivity contribution in [3.05, 3.63) is 53.1 Å². The summed E-state index contributed by atoms with van der Waals surface area (Å²) in [6, 6.07) is 8.56. The van der Waals surface area contributed by atoms with Gasteiger partial charge in [0.1, 0.15) is 5.69 Å². The van der Waals surface area contributed by atoms with Gasteiger partial charge in [0, 0.05) is 24.0 Å². The molecule has 0 spiro atoms. The number of hydrogen-bond acceptors (Lipinski definition) is 5. The fraction of sp³-hybridized carbons (Fsp3) is 0. The fourth-order valence-corrected chi connectivity index (χ4v) is 1.82. The van der Waals surface area contributed by atoms with Gasteiger partial charge in [-0.3, -0.25) is 9.78 Å². The molecule has 19 heavy (non-hydrogen) atoms. The third-order valence-corrected chi connectivity index (χ3v) is 2.70. The van der Waals surface area contributed by atoms with Crippen molar-refractivity contribution in [1.29, 1.82) is 0 Å². The van der Waals surface area contributed by atoms with Crippen LogP contribution in [0.2, 0.25) is 0 Å². The van der Waals surface area contributed by atoms with E-state index in [2.05, 4.69) is 15.1 Å². The van der Waals surface area contributed by atoms with E-state index in [0.717, 1.165) is 0 Å². The first-order valence-corrected chi connectivity index (χ1v) is 5.61. The van der Waals surface area contributed by atoms with Crippen molar-refractivity contribution in [1.82, 2.24) is 15.1 Å². The second-order valence-corrected chi connectivity index (χ2v) is 3.93. The summed E-state index contributed by atoms with van der Waals surface area (Å²) >= 11 is 0. The van der Waals surface area contributed by atoms with E-state index in [1.807, 2.05) is 18.2 Å². The molecular weight excluding hydrogens is 244 g/mol. The van der Waals surface area contributed by atoms with Gasteiger partial charge in [-0.15, -0.1) is 0 Å². The number of aromatic nitrogens is 3.